The van der Waals surface area contributed by atoms with Gasteiger partial charge in [-0.3, -0.25) is 0 Å². The second-order valence-corrected chi connectivity index (χ2v) is 12.1. The van der Waals surface area contributed by atoms with E-state index in [9.17, 15) is 8.42 Å². The average molecular weight is 640 g/mol. The number of sulfonamides is 1. The fraction of sp³-hybridized carbons (Fsp3) is 0.242. The monoisotopic (exact) mass is 638 g/mol. The van der Waals surface area contributed by atoms with E-state index in [2.05, 4.69) is 27.1 Å². The van der Waals surface area contributed by atoms with Crippen molar-refractivity contribution in [3.8, 4) is 22.6 Å². The van der Waals surface area contributed by atoms with Crippen LogP contribution in [-0.2, 0) is 16.6 Å². The molecule has 6 rings (SSSR count). The van der Waals surface area contributed by atoms with Gasteiger partial charge in [-0.2, -0.15) is 0 Å². The normalized spacial score (nSPS) is 14.2. The van der Waals surface area contributed by atoms with Crippen LogP contribution in [0.25, 0.3) is 33.4 Å². The minimum Gasteiger partial charge on any atom is -0.439 e. The molecule has 7 nitrogen and oxygen atoms in total. The van der Waals surface area contributed by atoms with Crippen LogP contribution in [0, 0.1) is 0 Å². The summed E-state index contributed by atoms with van der Waals surface area (Å²) in [6.07, 6.45) is 1.96. The Morgan fingerprint density at radius 1 is 0.791 bits per heavy atom. The number of benzene rings is 4. The Balaban J connectivity index is 0.00000212. The number of halogens is 2. The molecule has 226 valence electrons. The van der Waals surface area contributed by atoms with Crippen molar-refractivity contribution in [2.75, 3.05) is 26.2 Å². The van der Waals surface area contributed by atoms with Crippen LogP contribution in [0.1, 0.15) is 18.7 Å². The van der Waals surface area contributed by atoms with Gasteiger partial charge in [-0.1, -0.05) is 97.1 Å². The average Bonchev–Trinajstić information content (AvgIpc) is 3.46. The zero-order valence-corrected chi connectivity index (χ0v) is 26.1. The van der Waals surface area contributed by atoms with Crippen molar-refractivity contribution >= 4 is 45.6 Å². The largest absolute Gasteiger partial charge is 0.439 e. The molecule has 43 heavy (non-hydrogen) atoms. The number of nitrogens with one attached hydrogen (secondary N) is 2. The summed E-state index contributed by atoms with van der Waals surface area (Å²) in [6.45, 7) is 3.43. The summed E-state index contributed by atoms with van der Waals surface area (Å²) < 4.78 is 35.1. The standard InChI is InChI=1S/C33H34N4O3S.2ClH/c38-41(39,30-17-9-15-25-10-7-8-16-29(25)30)35-20-23-37-21-18-28(19-22-37)34-24-31-36-32(26-11-3-1-4-12-26)33(40-31)27-13-5-2-6-14-27;;/h1-17,28,34-35H,18-24H2;2*1H. The van der Waals surface area contributed by atoms with Crippen LogP contribution in [0.4, 0.5) is 0 Å². The van der Waals surface area contributed by atoms with Gasteiger partial charge in [0.15, 0.2) is 5.76 Å². The number of fused-ring (bicyclic) bond motifs is 1. The molecule has 1 saturated heterocycles. The minimum absolute atomic E-state index is 0. The lowest BCUT2D eigenvalue weighted by atomic mass is 10.1. The van der Waals surface area contributed by atoms with Gasteiger partial charge in [0.25, 0.3) is 0 Å². The summed E-state index contributed by atoms with van der Waals surface area (Å²) in [4.78, 5) is 7.50. The molecule has 0 bridgehead atoms. The first-order chi connectivity index (χ1) is 20.1. The number of rotatable bonds is 10. The van der Waals surface area contributed by atoms with Crippen molar-refractivity contribution in [3.05, 3.63) is 109 Å². The van der Waals surface area contributed by atoms with Gasteiger partial charge in [0.2, 0.25) is 15.9 Å². The van der Waals surface area contributed by atoms with E-state index in [-0.39, 0.29) is 24.8 Å². The zero-order chi connectivity index (χ0) is 28.1. The Bertz CT molecular complexity index is 1650. The Labute approximate surface area is 265 Å². The number of nitrogens with zero attached hydrogens (tertiary/aromatic N) is 2. The smallest absolute Gasteiger partial charge is 0.241 e. The molecule has 1 aliphatic rings. The molecule has 1 fully saturated rings. The molecule has 5 aromatic rings. The van der Waals surface area contributed by atoms with E-state index in [1.54, 1.807) is 12.1 Å². The summed E-state index contributed by atoms with van der Waals surface area (Å²) in [6, 6.07) is 33.5. The first kappa shape index (κ1) is 32.7. The highest BCUT2D eigenvalue weighted by Gasteiger charge is 2.22. The Morgan fingerprint density at radius 3 is 2.14 bits per heavy atom. The molecule has 0 atom stereocenters. The van der Waals surface area contributed by atoms with Gasteiger partial charge in [0.1, 0.15) is 5.69 Å². The van der Waals surface area contributed by atoms with Crippen LogP contribution < -0.4 is 10.0 Å². The van der Waals surface area contributed by atoms with Crippen molar-refractivity contribution in [2.24, 2.45) is 0 Å². The van der Waals surface area contributed by atoms with Crippen LogP contribution in [0.5, 0.6) is 0 Å². The van der Waals surface area contributed by atoms with Crippen molar-refractivity contribution in [3.63, 3.8) is 0 Å². The third kappa shape index (κ3) is 7.84. The number of piperidine rings is 1. The molecule has 1 aliphatic heterocycles. The van der Waals surface area contributed by atoms with Crippen LogP contribution in [0.15, 0.2) is 112 Å². The quantitative estimate of drug-likeness (QED) is 0.181. The molecule has 10 heteroatoms. The predicted molar refractivity (Wildman–Crippen MR) is 177 cm³/mol. The lowest BCUT2D eigenvalue weighted by molar-refractivity contribution is 0.198. The summed E-state index contributed by atoms with van der Waals surface area (Å²) >= 11 is 0. The topological polar surface area (TPSA) is 87.5 Å². The van der Waals surface area contributed by atoms with E-state index in [0.717, 1.165) is 59.3 Å². The third-order valence-electron chi connectivity index (χ3n) is 7.64. The van der Waals surface area contributed by atoms with Gasteiger partial charge >= 0.3 is 0 Å². The molecule has 2 N–H and O–H groups in total. The van der Waals surface area contributed by atoms with Crippen molar-refractivity contribution in [2.45, 2.75) is 30.3 Å². The fourth-order valence-electron chi connectivity index (χ4n) is 5.46. The first-order valence-corrected chi connectivity index (χ1v) is 15.6. The number of hydrogen-bond donors (Lipinski definition) is 2. The van der Waals surface area contributed by atoms with Gasteiger partial charge in [-0.25, -0.2) is 18.1 Å². The molecule has 0 amide bonds. The van der Waals surface area contributed by atoms with Crippen molar-refractivity contribution < 1.29 is 12.8 Å². The summed E-state index contributed by atoms with van der Waals surface area (Å²) in [5, 5.41) is 5.29. The molecule has 0 saturated carbocycles. The maximum absolute atomic E-state index is 13.0. The molecule has 0 spiro atoms. The Kier molecular flexibility index (Phi) is 11.4. The molecule has 0 radical (unpaired) electrons. The van der Waals surface area contributed by atoms with Crippen molar-refractivity contribution in [1.82, 2.24) is 19.9 Å². The zero-order valence-electron chi connectivity index (χ0n) is 23.7. The number of likely N-dealkylation sites (tertiary alicyclic amines) is 1. The highest BCUT2D eigenvalue weighted by molar-refractivity contribution is 7.89. The molecule has 0 unspecified atom stereocenters. The lowest BCUT2D eigenvalue weighted by Gasteiger charge is -2.32. The molecule has 0 aliphatic carbocycles. The van der Waals surface area contributed by atoms with Crippen LogP contribution in [-0.4, -0.2) is 50.5 Å². The van der Waals surface area contributed by atoms with Crippen LogP contribution in [0.3, 0.4) is 0 Å². The maximum Gasteiger partial charge on any atom is 0.241 e. The summed E-state index contributed by atoms with van der Waals surface area (Å²) in [7, 11) is -3.59. The molecular weight excluding hydrogens is 603 g/mol. The second-order valence-electron chi connectivity index (χ2n) is 10.4. The molecule has 2 heterocycles. The van der Waals surface area contributed by atoms with E-state index in [1.807, 2.05) is 78.9 Å². The van der Waals surface area contributed by atoms with Crippen molar-refractivity contribution in [1.29, 1.82) is 0 Å². The van der Waals surface area contributed by atoms with E-state index in [4.69, 9.17) is 9.40 Å². The second kappa shape index (κ2) is 15.0. The van der Waals surface area contributed by atoms with Crippen LogP contribution in [0.2, 0.25) is 0 Å². The van der Waals surface area contributed by atoms with Gasteiger partial charge in [0, 0.05) is 35.6 Å². The van der Waals surface area contributed by atoms with E-state index in [1.165, 1.54) is 0 Å². The predicted octanol–water partition coefficient (Wildman–Crippen LogP) is 6.54. The highest BCUT2D eigenvalue weighted by atomic mass is 35.5. The maximum atomic E-state index is 13.0. The number of aromatic nitrogens is 1. The third-order valence-corrected chi connectivity index (χ3v) is 9.16. The lowest BCUT2D eigenvalue weighted by Crippen LogP contribution is -2.44. The number of hydrogen-bond acceptors (Lipinski definition) is 6. The molecule has 4 aromatic carbocycles. The van der Waals surface area contributed by atoms with Gasteiger partial charge < -0.3 is 14.6 Å². The fourth-order valence-corrected chi connectivity index (χ4v) is 6.70. The minimum atomic E-state index is -3.59. The Morgan fingerprint density at radius 2 is 1.42 bits per heavy atom. The van der Waals surface area contributed by atoms with Crippen LogP contribution >= 0.6 is 24.8 Å². The number of oxazole rings is 1. The molecular formula is C33H36Cl2N4O3S. The van der Waals surface area contributed by atoms with E-state index >= 15 is 0 Å². The first-order valence-electron chi connectivity index (χ1n) is 14.1. The Hall–Kier alpha value is -3.24. The highest BCUT2D eigenvalue weighted by Crippen LogP contribution is 2.32. The summed E-state index contributed by atoms with van der Waals surface area (Å²) in [5.41, 5.74) is 2.90. The van der Waals surface area contributed by atoms with E-state index in [0.29, 0.717) is 36.5 Å². The van der Waals surface area contributed by atoms with E-state index < -0.39 is 10.0 Å². The SMILES string of the molecule is Cl.Cl.O=S(=O)(NCCN1CCC(NCc2nc(-c3ccccc3)c(-c3ccccc3)o2)CC1)c1cccc2ccccc12. The summed E-state index contributed by atoms with van der Waals surface area (Å²) in [5.74, 6) is 1.46. The van der Waals surface area contributed by atoms with Gasteiger partial charge in [-0.05, 0) is 37.4 Å². The van der Waals surface area contributed by atoms with Gasteiger partial charge in [0.05, 0.1) is 11.4 Å². The van der Waals surface area contributed by atoms with Gasteiger partial charge in [-0.15, -0.1) is 24.8 Å². The molecule has 1 aromatic heterocycles.